The zero-order valence-electron chi connectivity index (χ0n) is 13.4. The molecule has 2 heterocycles. The van der Waals surface area contributed by atoms with E-state index in [0.717, 1.165) is 5.39 Å². The molecule has 2 aromatic heterocycles. The summed E-state index contributed by atoms with van der Waals surface area (Å²) in [5.41, 5.74) is 8.76. The number of aromatic nitrogens is 3. The van der Waals surface area contributed by atoms with Gasteiger partial charge in [0.2, 0.25) is 0 Å². The molecule has 1 aromatic carbocycles. The van der Waals surface area contributed by atoms with Crippen LogP contribution in [0.2, 0.25) is 0 Å². The number of nitrogens with one attached hydrogen (secondary N) is 3. The van der Waals surface area contributed by atoms with Crippen LogP contribution in [0, 0.1) is 17.3 Å². The number of nitrogen functional groups attached to an aromatic ring is 1. The topological polar surface area (TPSA) is 133 Å². The summed E-state index contributed by atoms with van der Waals surface area (Å²) in [5, 5.41) is 20.2. The van der Waals surface area contributed by atoms with Gasteiger partial charge >= 0.3 is 0 Å². The first-order valence-electron chi connectivity index (χ1n) is 7.34. The molecule has 25 heavy (non-hydrogen) atoms. The summed E-state index contributed by atoms with van der Waals surface area (Å²) in [6.07, 6.45) is 2.60. The Hall–Kier alpha value is -3.57. The van der Waals surface area contributed by atoms with E-state index in [1.165, 1.54) is 12.5 Å². The predicted octanol–water partition coefficient (Wildman–Crippen LogP) is 1.63. The number of ether oxygens (including phenoxy) is 1. The first kappa shape index (κ1) is 16.3. The maximum atomic E-state index is 8.81. The fourth-order valence-electron chi connectivity index (χ4n) is 2.37. The summed E-state index contributed by atoms with van der Waals surface area (Å²) in [6.45, 7) is -0.221. The third-order valence-electron chi connectivity index (χ3n) is 3.54. The standard InChI is InChI=1S/C17H16N6O2/c1-25-15-7-13(19)10(8-18)5-14(15)23-17-12-6-11(3-2-4-24)22-16(12)20-9-21-17/h5-9,18,24H,4,19H2,1H3,(H2,20,21,22,23). The molecule has 0 spiro atoms. The number of hydrogen-bond acceptors (Lipinski definition) is 7. The van der Waals surface area contributed by atoms with Gasteiger partial charge < -0.3 is 31.3 Å². The van der Waals surface area contributed by atoms with Crippen LogP contribution in [0.15, 0.2) is 24.5 Å². The molecule has 0 atom stereocenters. The van der Waals surface area contributed by atoms with Crippen LogP contribution in [0.25, 0.3) is 11.0 Å². The third kappa shape index (κ3) is 3.22. The number of aromatic amines is 1. The predicted molar refractivity (Wildman–Crippen MR) is 96.4 cm³/mol. The molecule has 0 aliphatic rings. The molecule has 0 saturated heterocycles. The van der Waals surface area contributed by atoms with Crippen LogP contribution in [-0.2, 0) is 0 Å². The van der Waals surface area contributed by atoms with Crippen LogP contribution in [0.5, 0.6) is 5.75 Å². The maximum Gasteiger partial charge on any atom is 0.144 e. The van der Waals surface area contributed by atoms with Gasteiger partial charge in [0.15, 0.2) is 0 Å². The van der Waals surface area contributed by atoms with Crippen molar-refractivity contribution in [1.82, 2.24) is 15.0 Å². The molecule has 8 nitrogen and oxygen atoms in total. The van der Waals surface area contributed by atoms with E-state index in [9.17, 15) is 0 Å². The van der Waals surface area contributed by atoms with E-state index in [2.05, 4.69) is 32.1 Å². The Morgan fingerprint density at radius 3 is 2.96 bits per heavy atom. The van der Waals surface area contributed by atoms with Gasteiger partial charge in [0.05, 0.1) is 23.9 Å². The average molecular weight is 336 g/mol. The van der Waals surface area contributed by atoms with Gasteiger partial charge in [-0.05, 0) is 18.1 Å². The zero-order chi connectivity index (χ0) is 17.8. The Bertz CT molecular complexity index is 1000. The summed E-state index contributed by atoms with van der Waals surface area (Å²) in [6, 6.07) is 5.16. The Morgan fingerprint density at radius 1 is 1.40 bits per heavy atom. The molecule has 6 N–H and O–H groups in total. The lowest BCUT2D eigenvalue weighted by Crippen LogP contribution is -2.01. The highest BCUT2D eigenvalue weighted by Crippen LogP contribution is 2.33. The number of benzene rings is 1. The molecule has 0 fully saturated rings. The Balaban J connectivity index is 2.06. The molecule has 0 amide bonds. The number of nitrogens with zero attached hydrogens (tertiary/aromatic N) is 2. The fourth-order valence-corrected chi connectivity index (χ4v) is 2.37. The molecular formula is C17H16N6O2. The number of aliphatic hydroxyl groups excluding tert-OH is 1. The maximum absolute atomic E-state index is 8.81. The lowest BCUT2D eigenvalue weighted by molar-refractivity contribution is 0.350. The fraction of sp³-hybridized carbons (Fsp3) is 0.118. The summed E-state index contributed by atoms with van der Waals surface area (Å²) in [5.74, 6) is 6.47. The largest absolute Gasteiger partial charge is 0.494 e. The zero-order valence-corrected chi connectivity index (χ0v) is 13.4. The van der Waals surface area contributed by atoms with E-state index in [-0.39, 0.29) is 6.61 Å². The summed E-state index contributed by atoms with van der Waals surface area (Å²) < 4.78 is 5.35. The highest BCUT2D eigenvalue weighted by Gasteiger charge is 2.12. The van der Waals surface area contributed by atoms with Crippen molar-refractivity contribution in [1.29, 1.82) is 5.41 Å². The normalized spacial score (nSPS) is 10.2. The van der Waals surface area contributed by atoms with Crippen LogP contribution in [-0.4, -0.2) is 40.0 Å². The first-order valence-corrected chi connectivity index (χ1v) is 7.34. The van der Waals surface area contributed by atoms with E-state index < -0.39 is 0 Å². The number of rotatable bonds is 4. The van der Waals surface area contributed by atoms with Crippen LogP contribution >= 0.6 is 0 Å². The van der Waals surface area contributed by atoms with Gasteiger partial charge in [-0.1, -0.05) is 5.92 Å². The highest BCUT2D eigenvalue weighted by atomic mass is 16.5. The average Bonchev–Trinajstić information content (AvgIpc) is 3.05. The van der Waals surface area contributed by atoms with E-state index in [1.807, 2.05) is 0 Å². The second-order valence-electron chi connectivity index (χ2n) is 5.08. The summed E-state index contributed by atoms with van der Waals surface area (Å²) >= 11 is 0. The van der Waals surface area contributed by atoms with Crippen LogP contribution in [0.4, 0.5) is 17.2 Å². The monoisotopic (exact) mass is 336 g/mol. The second-order valence-corrected chi connectivity index (χ2v) is 5.08. The van der Waals surface area contributed by atoms with E-state index in [0.29, 0.717) is 39.8 Å². The van der Waals surface area contributed by atoms with E-state index in [1.54, 1.807) is 25.3 Å². The summed E-state index contributed by atoms with van der Waals surface area (Å²) in [4.78, 5) is 11.5. The molecule has 8 heteroatoms. The molecule has 0 aliphatic heterocycles. The number of anilines is 3. The second kappa shape index (κ2) is 6.90. The van der Waals surface area contributed by atoms with Crippen molar-refractivity contribution < 1.29 is 9.84 Å². The molecular weight excluding hydrogens is 320 g/mol. The Morgan fingerprint density at radius 2 is 2.24 bits per heavy atom. The van der Waals surface area contributed by atoms with Crippen molar-refractivity contribution in [2.45, 2.75) is 0 Å². The molecule has 3 aromatic rings. The van der Waals surface area contributed by atoms with Crippen molar-refractivity contribution in [3.05, 3.63) is 35.8 Å². The Kier molecular flexibility index (Phi) is 4.50. The molecule has 0 radical (unpaired) electrons. The smallest absolute Gasteiger partial charge is 0.144 e. The molecule has 126 valence electrons. The van der Waals surface area contributed by atoms with Gasteiger partial charge in [-0.15, -0.1) is 0 Å². The van der Waals surface area contributed by atoms with Gasteiger partial charge in [-0.25, -0.2) is 9.97 Å². The van der Waals surface area contributed by atoms with Crippen LogP contribution in [0.3, 0.4) is 0 Å². The van der Waals surface area contributed by atoms with Crippen molar-refractivity contribution in [3.8, 4) is 17.6 Å². The van der Waals surface area contributed by atoms with Gasteiger partial charge in [0.25, 0.3) is 0 Å². The first-order chi connectivity index (χ1) is 12.2. The molecule has 0 unspecified atom stereocenters. The number of methoxy groups -OCH3 is 1. The number of fused-ring (bicyclic) bond motifs is 1. The molecule has 0 saturated carbocycles. The minimum absolute atomic E-state index is 0.221. The van der Waals surface area contributed by atoms with Crippen LogP contribution < -0.4 is 15.8 Å². The van der Waals surface area contributed by atoms with Crippen LogP contribution in [0.1, 0.15) is 11.3 Å². The Labute approximate surface area is 143 Å². The lowest BCUT2D eigenvalue weighted by atomic mass is 10.1. The van der Waals surface area contributed by atoms with Crippen molar-refractivity contribution in [2.24, 2.45) is 0 Å². The molecule has 3 rings (SSSR count). The quantitative estimate of drug-likeness (QED) is 0.279. The minimum atomic E-state index is -0.221. The highest BCUT2D eigenvalue weighted by molar-refractivity contribution is 5.93. The van der Waals surface area contributed by atoms with Crippen molar-refractivity contribution >= 4 is 34.4 Å². The van der Waals surface area contributed by atoms with Gasteiger partial charge in [-0.2, -0.15) is 0 Å². The number of H-pyrrole nitrogens is 1. The van der Waals surface area contributed by atoms with E-state index >= 15 is 0 Å². The third-order valence-corrected chi connectivity index (χ3v) is 3.54. The van der Waals surface area contributed by atoms with Crippen molar-refractivity contribution in [2.75, 3.05) is 24.8 Å². The lowest BCUT2D eigenvalue weighted by Gasteiger charge is -2.13. The number of aliphatic hydroxyl groups is 1. The van der Waals surface area contributed by atoms with Gasteiger partial charge in [-0.3, -0.25) is 0 Å². The molecule has 0 bridgehead atoms. The van der Waals surface area contributed by atoms with E-state index in [4.69, 9.17) is 21.0 Å². The SMILES string of the molecule is COc1cc(N)c(C=N)cc1Nc1ncnc2[nH]c(C#CCO)cc12. The number of nitrogens with two attached hydrogens (primary N) is 1. The van der Waals surface area contributed by atoms with Crippen molar-refractivity contribution in [3.63, 3.8) is 0 Å². The van der Waals surface area contributed by atoms with Gasteiger partial charge in [0.1, 0.15) is 30.1 Å². The summed E-state index contributed by atoms with van der Waals surface area (Å²) in [7, 11) is 1.54. The number of hydrogen-bond donors (Lipinski definition) is 5. The van der Waals surface area contributed by atoms with Gasteiger partial charge in [0, 0.05) is 23.5 Å². The minimum Gasteiger partial charge on any atom is -0.494 e. The molecule has 0 aliphatic carbocycles.